The summed E-state index contributed by atoms with van der Waals surface area (Å²) in [4.78, 5) is 12.6. The Bertz CT molecular complexity index is 802. The zero-order valence-electron chi connectivity index (χ0n) is 11.7. The number of nitrogens with two attached hydrogens (primary N) is 1. The highest BCUT2D eigenvalue weighted by Gasteiger charge is 2.24. The van der Waals surface area contributed by atoms with Crippen LogP contribution in [0.2, 0.25) is 0 Å². The van der Waals surface area contributed by atoms with E-state index in [0.717, 1.165) is 53.4 Å². The lowest BCUT2D eigenvalue weighted by molar-refractivity contribution is 0.121. The molecule has 2 heterocycles. The first-order chi connectivity index (χ1) is 10.2. The molecule has 1 aliphatic carbocycles. The first-order valence-electron chi connectivity index (χ1n) is 7.44. The topological polar surface area (TPSA) is 87.8 Å². The third-order valence-corrected chi connectivity index (χ3v) is 4.46. The van der Waals surface area contributed by atoms with Crippen LogP contribution in [0.4, 0.5) is 5.82 Å². The summed E-state index contributed by atoms with van der Waals surface area (Å²) in [6.45, 7) is 0. The first kappa shape index (κ1) is 12.6. The second-order valence-corrected chi connectivity index (χ2v) is 5.87. The minimum absolute atomic E-state index is 0.154. The van der Waals surface area contributed by atoms with Crippen molar-refractivity contribution in [2.45, 2.75) is 37.7 Å². The maximum Gasteiger partial charge on any atom is 0.152 e. The number of nitrogens with zero attached hydrogens (tertiary/aromatic N) is 2. The number of aromatic amines is 1. The fourth-order valence-electron chi connectivity index (χ4n) is 3.28. The van der Waals surface area contributed by atoms with Gasteiger partial charge < -0.3 is 15.8 Å². The number of hydrogen-bond donors (Lipinski definition) is 3. The average Bonchev–Trinajstić information content (AvgIpc) is 2.94. The van der Waals surface area contributed by atoms with Crippen molar-refractivity contribution in [2.24, 2.45) is 0 Å². The minimum atomic E-state index is -0.154. The van der Waals surface area contributed by atoms with E-state index in [1.807, 2.05) is 24.3 Å². The Kier molecular flexibility index (Phi) is 2.82. The highest BCUT2D eigenvalue weighted by Crippen LogP contribution is 2.34. The van der Waals surface area contributed by atoms with Crippen molar-refractivity contribution in [1.29, 1.82) is 0 Å². The van der Waals surface area contributed by atoms with Crippen LogP contribution < -0.4 is 5.73 Å². The molecule has 1 saturated carbocycles. The molecule has 0 radical (unpaired) electrons. The number of pyridine rings is 1. The predicted molar refractivity (Wildman–Crippen MR) is 83.0 cm³/mol. The molecule has 3 aromatic rings. The number of aliphatic hydroxyl groups is 1. The predicted octanol–water partition coefficient (Wildman–Crippen LogP) is 2.71. The summed E-state index contributed by atoms with van der Waals surface area (Å²) in [7, 11) is 0. The minimum Gasteiger partial charge on any atom is -0.393 e. The number of aromatic nitrogens is 3. The Labute approximate surface area is 122 Å². The fraction of sp³-hybridized carbons (Fsp3) is 0.375. The lowest BCUT2D eigenvalue weighted by Gasteiger charge is -2.23. The summed E-state index contributed by atoms with van der Waals surface area (Å²) in [6.07, 6.45) is 3.46. The fourth-order valence-corrected chi connectivity index (χ4v) is 3.28. The van der Waals surface area contributed by atoms with Crippen LogP contribution in [0.1, 0.15) is 37.4 Å². The number of nitrogens with one attached hydrogen (secondary N) is 1. The number of hydrogen-bond acceptors (Lipinski definition) is 4. The average molecular weight is 282 g/mol. The molecule has 21 heavy (non-hydrogen) atoms. The largest absolute Gasteiger partial charge is 0.393 e. The molecule has 0 atom stereocenters. The molecule has 0 amide bonds. The third-order valence-electron chi connectivity index (χ3n) is 4.46. The van der Waals surface area contributed by atoms with Gasteiger partial charge in [0.05, 0.1) is 17.1 Å². The van der Waals surface area contributed by atoms with Gasteiger partial charge in [0, 0.05) is 11.3 Å². The standard InChI is InChI=1S/C16H18N4O/c17-15-14-13(11-3-1-2-4-12(11)18-15)19-16(20-14)9-5-7-10(21)8-6-9/h1-4,9-10,21H,5-8H2,(H2,17,18)(H,19,20)/t9-,10-. The molecule has 4 rings (SSSR count). The Morgan fingerprint density at radius 3 is 2.67 bits per heavy atom. The number of fused-ring (bicyclic) bond motifs is 3. The molecular formula is C16H18N4O. The Balaban J connectivity index is 1.85. The maximum absolute atomic E-state index is 9.64. The van der Waals surface area contributed by atoms with Gasteiger partial charge in [0.2, 0.25) is 0 Å². The molecule has 1 fully saturated rings. The quantitative estimate of drug-likeness (QED) is 0.640. The summed E-state index contributed by atoms with van der Waals surface area (Å²) in [6, 6.07) is 7.96. The van der Waals surface area contributed by atoms with Crippen molar-refractivity contribution in [3.63, 3.8) is 0 Å². The van der Waals surface area contributed by atoms with Crippen molar-refractivity contribution in [1.82, 2.24) is 15.0 Å². The lowest BCUT2D eigenvalue weighted by atomic mass is 9.87. The summed E-state index contributed by atoms with van der Waals surface area (Å²) in [5.74, 6) is 1.82. The van der Waals surface area contributed by atoms with E-state index < -0.39 is 0 Å². The van der Waals surface area contributed by atoms with Crippen LogP contribution in [0, 0.1) is 0 Å². The van der Waals surface area contributed by atoms with E-state index >= 15 is 0 Å². The smallest absolute Gasteiger partial charge is 0.152 e. The zero-order valence-corrected chi connectivity index (χ0v) is 11.7. The number of H-pyrrole nitrogens is 1. The van der Waals surface area contributed by atoms with E-state index in [1.54, 1.807) is 0 Å². The van der Waals surface area contributed by atoms with Crippen LogP contribution in [0.15, 0.2) is 24.3 Å². The number of anilines is 1. The summed E-state index contributed by atoms with van der Waals surface area (Å²) in [5.41, 5.74) is 8.67. The van der Waals surface area contributed by atoms with Gasteiger partial charge in [0.1, 0.15) is 11.3 Å². The molecule has 0 bridgehead atoms. The highest BCUT2D eigenvalue weighted by molar-refractivity contribution is 6.06. The summed E-state index contributed by atoms with van der Waals surface area (Å²) >= 11 is 0. The second-order valence-electron chi connectivity index (χ2n) is 5.87. The van der Waals surface area contributed by atoms with E-state index in [0.29, 0.717) is 11.7 Å². The molecule has 0 unspecified atom stereocenters. The Morgan fingerprint density at radius 1 is 1.10 bits per heavy atom. The van der Waals surface area contributed by atoms with Crippen molar-refractivity contribution in [3.05, 3.63) is 30.1 Å². The van der Waals surface area contributed by atoms with Crippen LogP contribution in [0.3, 0.4) is 0 Å². The third kappa shape index (κ3) is 2.05. The lowest BCUT2D eigenvalue weighted by Crippen LogP contribution is -2.17. The molecule has 0 spiro atoms. The monoisotopic (exact) mass is 282 g/mol. The highest BCUT2D eigenvalue weighted by atomic mass is 16.3. The summed E-state index contributed by atoms with van der Waals surface area (Å²) < 4.78 is 0. The van der Waals surface area contributed by atoms with Crippen LogP contribution in [0.5, 0.6) is 0 Å². The van der Waals surface area contributed by atoms with Crippen LogP contribution >= 0.6 is 0 Å². The van der Waals surface area contributed by atoms with E-state index in [4.69, 9.17) is 5.73 Å². The SMILES string of the molecule is Nc1nc2ccccc2c2[nH]c([C@H]3CC[C@H](O)CC3)nc12. The molecular weight excluding hydrogens is 264 g/mol. The number of imidazole rings is 1. The van der Waals surface area contributed by atoms with Gasteiger partial charge in [0.25, 0.3) is 0 Å². The van der Waals surface area contributed by atoms with Gasteiger partial charge in [0.15, 0.2) is 5.82 Å². The summed E-state index contributed by atoms with van der Waals surface area (Å²) in [5, 5.41) is 10.7. The molecule has 2 aromatic heterocycles. The molecule has 1 aliphatic rings. The second kappa shape index (κ2) is 4.70. The van der Waals surface area contributed by atoms with Gasteiger partial charge in [-0.1, -0.05) is 18.2 Å². The van der Waals surface area contributed by atoms with Crippen molar-refractivity contribution < 1.29 is 5.11 Å². The van der Waals surface area contributed by atoms with Gasteiger partial charge >= 0.3 is 0 Å². The molecule has 0 saturated heterocycles. The van der Waals surface area contributed by atoms with Gasteiger partial charge in [-0.3, -0.25) is 0 Å². The number of para-hydroxylation sites is 1. The van der Waals surface area contributed by atoms with Gasteiger partial charge in [-0.25, -0.2) is 9.97 Å². The molecule has 1 aromatic carbocycles. The molecule has 5 nitrogen and oxygen atoms in total. The normalized spacial score (nSPS) is 22.9. The molecule has 4 N–H and O–H groups in total. The Hall–Kier alpha value is -2.14. The molecule has 0 aliphatic heterocycles. The zero-order chi connectivity index (χ0) is 14.4. The first-order valence-corrected chi connectivity index (χ1v) is 7.44. The number of rotatable bonds is 1. The molecule has 5 heteroatoms. The van der Waals surface area contributed by atoms with E-state index in [1.165, 1.54) is 0 Å². The van der Waals surface area contributed by atoms with Gasteiger partial charge in [-0.2, -0.15) is 0 Å². The van der Waals surface area contributed by atoms with Crippen LogP contribution in [-0.2, 0) is 0 Å². The van der Waals surface area contributed by atoms with Crippen molar-refractivity contribution in [3.8, 4) is 0 Å². The van der Waals surface area contributed by atoms with E-state index in [9.17, 15) is 5.11 Å². The van der Waals surface area contributed by atoms with Gasteiger partial charge in [-0.05, 0) is 31.7 Å². The van der Waals surface area contributed by atoms with E-state index in [-0.39, 0.29) is 6.10 Å². The number of nitrogen functional groups attached to an aromatic ring is 1. The maximum atomic E-state index is 9.64. The van der Waals surface area contributed by atoms with E-state index in [2.05, 4.69) is 15.0 Å². The Morgan fingerprint density at radius 2 is 1.86 bits per heavy atom. The van der Waals surface area contributed by atoms with Gasteiger partial charge in [-0.15, -0.1) is 0 Å². The van der Waals surface area contributed by atoms with Crippen LogP contribution in [0.25, 0.3) is 21.9 Å². The number of benzene rings is 1. The van der Waals surface area contributed by atoms with Crippen LogP contribution in [-0.4, -0.2) is 26.2 Å². The van der Waals surface area contributed by atoms with Crippen molar-refractivity contribution >= 4 is 27.8 Å². The van der Waals surface area contributed by atoms with Crippen molar-refractivity contribution in [2.75, 3.05) is 5.73 Å². The number of aliphatic hydroxyl groups excluding tert-OH is 1. The molecule has 108 valence electrons.